The van der Waals surface area contributed by atoms with Gasteiger partial charge in [-0.25, -0.2) is 0 Å². The van der Waals surface area contributed by atoms with Crippen molar-refractivity contribution >= 4 is 34.6 Å². The Morgan fingerprint density at radius 2 is 2.35 bits per heavy atom. The second-order valence-electron chi connectivity index (χ2n) is 4.19. The summed E-state index contributed by atoms with van der Waals surface area (Å²) in [5.74, 6) is 0.171. The number of anilines is 2. The quantitative estimate of drug-likeness (QED) is 0.785. The van der Waals surface area contributed by atoms with E-state index in [4.69, 9.17) is 18.0 Å². The highest BCUT2D eigenvalue weighted by Crippen LogP contribution is 2.28. The molecule has 1 aliphatic rings. The molecule has 1 heterocycles. The summed E-state index contributed by atoms with van der Waals surface area (Å²) in [7, 11) is 0. The highest BCUT2D eigenvalue weighted by atomic mass is 32.1. The molecule has 1 aromatic rings. The van der Waals surface area contributed by atoms with Crippen LogP contribution in [0.15, 0.2) is 24.3 Å². The van der Waals surface area contributed by atoms with Gasteiger partial charge in [0.2, 0.25) is 5.91 Å². The van der Waals surface area contributed by atoms with Crippen molar-refractivity contribution in [3.8, 4) is 0 Å². The van der Waals surface area contributed by atoms with Gasteiger partial charge in [0.05, 0.1) is 0 Å². The summed E-state index contributed by atoms with van der Waals surface area (Å²) in [5, 5.41) is 3.09. The molecule has 1 aromatic carbocycles. The predicted molar refractivity (Wildman–Crippen MR) is 73.0 cm³/mol. The van der Waals surface area contributed by atoms with E-state index in [9.17, 15) is 4.79 Å². The van der Waals surface area contributed by atoms with Gasteiger partial charge in [-0.2, -0.15) is 0 Å². The van der Waals surface area contributed by atoms with E-state index in [2.05, 4.69) is 12.2 Å². The molecule has 2 rings (SSSR count). The molecule has 0 bridgehead atoms. The number of nitrogens with one attached hydrogen (secondary N) is 1. The molecule has 1 amide bonds. The Morgan fingerprint density at radius 3 is 2.94 bits per heavy atom. The van der Waals surface area contributed by atoms with Crippen molar-refractivity contribution in [1.29, 1.82) is 0 Å². The lowest BCUT2D eigenvalue weighted by Gasteiger charge is -2.22. The number of nitrogens with two attached hydrogens (primary N) is 1. The second-order valence-corrected chi connectivity index (χ2v) is 4.63. The van der Waals surface area contributed by atoms with Crippen LogP contribution in [0.4, 0.5) is 11.4 Å². The van der Waals surface area contributed by atoms with Crippen LogP contribution < -0.4 is 16.0 Å². The van der Waals surface area contributed by atoms with Gasteiger partial charge in [-0.05, 0) is 43.8 Å². The van der Waals surface area contributed by atoms with Crippen molar-refractivity contribution in [1.82, 2.24) is 0 Å². The van der Waals surface area contributed by atoms with Crippen molar-refractivity contribution in [3.63, 3.8) is 0 Å². The Balaban J connectivity index is 2.26. The van der Waals surface area contributed by atoms with Gasteiger partial charge >= 0.3 is 0 Å². The number of carbonyl (C=O) groups is 1. The number of benzene rings is 1. The Hall–Kier alpha value is -1.62. The van der Waals surface area contributed by atoms with Crippen molar-refractivity contribution in [2.24, 2.45) is 5.73 Å². The molecule has 1 unspecified atom stereocenters. The van der Waals surface area contributed by atoms with Crippen LogP contribution in [0.5, 0.6) is 0 Å². The first-order valence-corrected chi connectivity index (χ1v) is 5.97. The highest BCUT2D eigenvalue weighted by molar-refractivity contribution is 7.80. The van der Waals surface area contributed by atoms with E-state index in [1.807, 2.05) is 29.2 Å². The third-order valence-corrected chi connectivity index (χ3v) is 2.98. The van der Waals surface area contributed by atoms with Crippen molar-refractivity contribution in [2.45, 2.75) is 25.8 Å². The van der Waals surface area contributed by atoms with Gasteiger partial charge in [-0.3, -0.25) is 4.79 Å². The molecule has 4 nitrogen and oxygen atoms in total. The van der Waals surface area contributed by atoms with Crippen LogP contribution in [0, 0.1) is 0 Å². The number of hydrogen-bond acceptors (Lipinski definition) is 2. The van der Waals surface area contributed by atoms with E-state index in [0.717, 1.165) is 17.8 Å². The van der Waals surface area contributed by atoms with Gasteiger partial charge in [0.1, 0.15) is 0 Å². The minimum absolute atomic E-state index is 0.171. The Bertz CT molecular complexity index is 461. The third-order valence-electron chi connectivity index (χ3n) is 2.88. The molecule has 1 aliphatic heterocycles. The van der Waals surface area contributed by atoms with Crippen LogP contribution in [0.2, 0.25) is 0 Å². The molecule has 0 aromatic heterocycles. The summed E-state index contributed by atoms with van der Waals surface area (Å²) in [6.07, 6.45) is 1.53. The molecule has 0 spiro atoms. The molecule has 0 aliphatic carbocycles. The average Bonchev–Trinajstić information content (AvgIpc) is 2.58. The lowest BCUT2D eigenvalue weighted by Crippen LogP contribution is -2.30. The number of hydrogen-bond donors (Lipinski definition) is 2. The maximum absolute atomic E-state index is 11.8. The van der Waals surface area contributed by atoms with Crippen LogP contribution in [0.3, 0.4) is 0 Å². The van der Waals surface area contributed by atoms with Crippen LogP contribution in [0.1, 0.15) is 19.8 Å². The van der Waals surface area contributed by atoms with Crippen LogP contribution in [0.25, 0.3) is 0 Å². The second kappa shape index (κ2) is 4.71. The first-order valence-electron chi connectivity index (χ1n) is 5.56. The van der Waals surface area contributed by atoms with Crippen molar-refractivity contribution < 1.29 is 4.79 Å². The summed E-state index contributed by atoms with van der Waals surface area (Å²) in [6, 6.07) is 7.81. The molecule has 1 atom stereocenters. The van der Waals surface area contributed by atoms with Crippen LogP contribution in [-0.4, -0.2) is 17.1 Å². The molecule has 17 heavy (non-hydrogen) atoms. The van der Waals surface area contributed by atoms with E-state index in [1.54, 1.807) is 0 Å². The maximum atomic E-state index is 11.8. The molecule has 90 valence electrons. The van der Waals surface area contributed by atoms with Gasteiger partial charge in [-0.1, -0.05) is 6.07 Å². The fourth-order valence-electron chi connectivity index (χ4n) is 2.10. The smallest absolute Gasteiger partial charge is 0.227 e. The van der Waals surface area contributed by atoms with E-state index in [1.165, 1.54) is 0 Å². The number of amides is 1. The van der Waals surface area contributed by atoms with E-state index in [0.29, 0.717) is 6.42 Å². The Morgan fingerprint density at radius 1 is 1.59 bits per heavy atom. The predicted octanol–water partition coefficient (Wildman–Crippen LogP) is 1.86. The molecule has 0 saturated carbocycles. The topological polar surface area (TPSA) is 58.4 Å². The zero-order valence-electron chi connectivity index (χ0n) is 9.64. The molecule has 5 heteroatoms. The zero-order chi connectivity index (χ0) is 12.4. The molecule has 1 saturated heterocycles. The lowest BCUT2D eigenvalue weighted by molar-refractivity contribution is -0.117. The number of rotatable bonds is 2. The minimum Gasteiger partial charge on any atom is -0.376 e. The summed E-state index contributed by atoms with van der Waals surface area (Å²) in [4.78, 5) is 13.6. The molecule has 1 fully saturated rings. The highest BCUT2D eigenvalue weighted by Gasteiger charge is 2.28. The van der Waals surface area contributed by atoms with Gasteiger partial charge in [-0.15, -0.1) is 0 Å². The first-order chi connectivity index (χ1) is 8.08. The fourth-order valence-corrected chi connectivity index (χ4v) is 2.22. The minimum atomic E-state index is 0.171. The normalized spacial score (nSPS) is 19.5. The van der Waals surface area contributed by atoms with Crippen molar-refractivity contribution in [2.75, 3.05) is 10.2 Å². The van der Waals surface area contributed by atoms with Gasteiger partial charge in [0.25, 0.3) is 0 Å². The summed E-state index contributed by atoms with van der Waals surface area (Å²) in [6.45, 7) is 2.05. The largest absolute Gasteiger partial charge is 0.376 e. The molecule has 0 radical (unpaired) electrons. The number of thiocarbonyl (C=S) groups is 1. The summed E-state index contributed by atoms with van der Waals surface area (Å²) >= 11 is 4.79. The lowest BCUT2D eigenvalue weighted by atomic mass is 10.2. The van der Waals surface area contributed by atoms with Crippen LogP contribution >= 0.6 is 12.2 Å². The van der Waals surface area contributed by atoms with Gasteiger partial charge in [0, 0.05) is 23.8 Å². The average molecular weight is 249 g/mol. The fraction of sp³-hybridized carbons (Fsp3) is 0.333. The third kappa shape index (κ3) is 2.55. The first kappa shape index (κ1) is 11.9. The Labute approximate surface area is 106 Å². The SMILES string of the molecule is CC1CCC(=O)N1c1cccc(NC(N)=S)c1. The standard InChI is InChI=1S/C12H15N3OS/c1-8-5-6-11(16)15(8)10-4-2-3-9(7-10)14-12(13)17/h2-4,7-8H,5-6H2,1H3,(H3,13,14,17). The van der Waals surface area contributed by atoms with Crippen molar-refractivity contribution in [3.05, 3.63) is 24.3 Å². The van der Waals surface area contributed by atoms with Gasteiger partial charge < -0.3 is 16.0 Å². The van der Waals surface area contributed by atoms with E-state index >= 15 is 0 Å². The van der Waals surface area contributed by atoms with Gasteiger partial charge in [0.15, 0.2) is 5.11 Å². The Kier molecular flexibility index (Phi) is 3.28. The molecule has 3 N–H and O–H groups in total. The molecular weight excluding hydrogens is 234 g/mol. The van der Waals surface area contributed by atoms with E-state index < -0.39 is 0 Å². The zero-order valence-corrected chi connectivity index (χ0v) is 10.5. The van der Waals surface area contributed by atoms with Crippen LogP contribution in [-0.2, 0) is 4.79 Å². The summed E-state index contributed by atoms with van der Waals surface area (Å²) in [5.41, 5.74) is 7.12. The monoisotopic (exact) mass is 249 g/mol. The summed E-state index contributed by atoms with van der Waals surface area (Å²) < 4.78 is 0. The van der Waals surface area contributed by atoms with E-state index in [-0.39, 0.29) is 17.1 Å². The molecular formula is C12H15N3OS. The maximum Gasteiger partial charge on any atom is 0.227 e. The number of carbonyl (C=O) groups excluding carboxylic acids is 1. The number of nitrogens with zero attached hydrogens (tertiary/aromatic N) is 1.